The van der Waals surface area contributed by atoms with Gasteiger partial charge in [-0.1, -0.05) is 0 Å². The maximum Gasteiger partial charge on any atom is 0.0906 e. The molecule has 2 aliphatic rings. The van der Waals surface area contributed by atoms with Gasteiger partial charge in [0, 0.05) is 32.2 Å². The maximum atomic E-state index is 12.0. The lowest BCUT2D eigenvalue weighted by Gasteiger charge is -2.33. The van der Waals surface area contributed by atoms with E-state index >= 15 is 0 Å². The first-order chi connectivity index (χ1) is 6.40. The first-order valence-corrected chi connectivity index (χ1v) is 5.42. The van der Waals surface area contributed by atoms with E-state index in [2.05, 4.69) is 10.2 Å². The molecule has 2 rings (SSSR count). The van der Waals surface area contributed by atoms with Gasteiger partial charge in [-0.3, -0.25) is 4.39 Å². The summed E-state index contributed by atoms with van der Waals surface area (Å²) in [5.41, 5.74) is 0. The molecule has 1 saturated carbocycles. The molecule has 76 valence electrons. The van der Waals surface area contributed by atoms with Gasteiger partial charge in [-0.25, -0.2) is 0 Å². The number of alkyl halides is 1. The summed E-state index contributed by atoms with van der Waals surface area (Å²) in [6.45, 7) is 4.11. The number of nitrogens with zero attached hydrogens (tertiary/aromatic N) is 1. The van der Waals surface area contributed by atoms with E-state index in [-0.39, 0.29) is 6.67 Å². The number of halogens is 1. The van der Waals surface area contributed by atoms with Crippen molar-refractivity contribution < 1.29 is 4.39 Å². The minimum absolute atomic E-state index is 0.169. The quantitative estimate of drug-likeness (QED) is 0.705. The second kappa shape index (κ2) is 4.38. The second-order valence-corrected chi connectivity index (χ2v) is 4.24. The van der Waals surface area contributed by atoms with Crippen LogP contribution in [0.1, 0.15) is 19.3 Å². The van der Waals surface area contributed by atoms with Crippen molar-refractivity contribution in [2.45, 2.75) is 25.3 Å². The normalized spacial score (nSPS) is 30.7. The summed E-state index contributed by atoms with van der Waals surface area (Å²) < 4.78 is 12.0. The molecular formula is C10H19FN2. The molecule has 1 aliphatic carbocycles. The molecule has 0 aromatic carbocycles. The molecule has 1 heterocycles. The molecule has 0 radical (unpaired) electrons. The zero-order valence-electron chi connectivity index (χ0n) is 8.14. The molecule has 0 spiro atoms. The average molecular weight is 186 g/mol. The minimum atomic E-state index is -0.169. The van der Waals surface area contributed by atoms with Crippen molar-refractivity contribution in [3.8, 4) is 0 Å². The van der Waals surface area contributed by atoms with Crippen molar-refractivity contribution >= 4 is 0 Å². The highest BCUT2D eigenvalue weighted by Gasteiger charge is 2.33. The van der Waals surface area contributed by atoms with Gasteiger partial charge in [-0.05, 0) is 25.2 Å². The van der Waals surface area contributed by atoms with E-state index in [4.69, 9.17) is 0 Å². The van der Waals surface area contributed by atoms with Crippen LogP contribution in [0.2, 0.25) is 0 Å². The Balaban J connectivity index is 1.71. The largest absolute Gasteiger partial charge is 0.311 e. The van der Waals surface area contributed by atoms with Crippen LogP contribution in [-0.4, -0.2) is 43.8 Å². The van der Waals surface area contributed by atoms with Crippen LogP contribution < -0.4 is 5.32 Å². The van der Waals surface area contributed by atoms with E-state index in [1.54, 1.807) is 0 Å². The summed E-state index contributed by atoms with van der Waals surface area (Å²) in [5.74, 6) is 0.924. The summed E-state index contributed by atoms with van der Waals surface area (Å²) in [4.78, 5) is 2.40. The van der Waals surface area contributed by atoms with Crippen molar-refractivity contribution in [3.05, 3.63) is 0 Å². The van der Waals surface area contributed by atoms with Gasteiger partial charge >= 0.3 is 0 Å². The molecule has 3 heteroatoms. The molecule has 13 heavy (non-hydrogen) atoms. The van der Waals surface area contributed by atoms with Crippen LogP contribution in [-0.2, 0) is 0 Å². The zero-order chi connectivity index (χ0) is 9.10. The third-order valence-electron chi connectivity index (χ3n) is 3.09. The maximum absolute atomic E-state index is 12.0. The van der Waals surface area contributed by atoms with Crippen LogP contribution in [0.3, 0.4) is 0 Å². The highest BCUT2D eigenvalue weighted by Crippen LogP contribution is 2.33. The Morgan fingerprint density at radius 1 is 1.38 bits per heavy atom. The predicted octanol–water partition coefficient (Wildman–Crippen LogP) is 1.03. The molecule has 0 amide bonds. The Bertz CT molecular complexity index is 159. The third-order valence-corrected chi connectivity index (χ3v) is 3.09. The lowest BCUT2D eigenvalue weighted by atomic mass is 10.1. The number of hydrogen-bond acceptors (Lipinski definition) is 2. The topological polar surface area (TPSA) is 15.3 Å². The summed E-state index contributed by atoms with van der Waals surface area (Å²) >= 11 is 0. The monoisotopic (exact) mass is 186 g/mol. The molecule has 1 atom stereocenters. The Hall–Kier alpha value is -0.150. The molecule has 0 aromatic rings. The first-order valence-electron chi connectivity index (χ1n) is 5.42. The Kier molecular flexibility index (Phi) is 3.17. The standard InChI is InChI=1S/C10H19FN2/c11-4-1-6-13-7-5-12-10(8-13)9-2-3-9/h9-10,12H,1-8H2. The van der Waals surface area contributed by atoms with E-state index in [1.807, 2.05) is 0 Å². The minimum Gasteiger partial charge on any atom is -0.311 e. The summed E-state index contributed by atoms with van der Waals surface area (Å²) in [5, 5.41) is 3.55. The molecule has 0 bridgehead atoms. The van der Waals surface area contributed by atoms with Crippen LogP contribution in [0.4, 0.5) is 4.39 Å². The molecule has 1 saturated heterocycles. The van der Waals surface area contributed by atoms with Gasteiger partial charge in [-0.15, -0.1) is 0 Å². The van der Waals surface area contributed by atoms with Gasteiger partial charge in [0.05, 0.1) is 6.67 Å². The van der Waals surface area contributed by atoms with Crippen LogP contribution in [0.5, 0.6) is 0 Å². The lowest BCUT2D eigenvalue weighted by Crippen LogP contribution is -2.51. The Morgan fingerprint density at radius 2 is 2.23 bits per heavy atom. The van der Waals surface area contributed by atoms with Crippen LogP contribution >= 0.6 is 0 Å². The van der Waals surface area contributed by atoms with E-state index < -0.39 is 0 Å². The van der Waals surface area contributed by atoms with Crippen LogP contribution in [0.15, 0.2) is 0 Å². The summed E-state index contributed by atoms with van der Waals surface area (Å²) in [7, 11) is 0. The summed E-state index contributed by atoms with van der Waals surface area (Å²) in [6, 6.07) is 0.702. The number of hydrogen-bond donors (Lipinski definition) is 1. The van der Waals surface area contributed by atoms with Crippen molar-refractivity contribution in [2.75, 3.05) is 32.9 Å². The van der Waals surface area contributed by atoms with E-state index in [0.717, 1.165) is 32.1 Å². The molecule has 1 unspecified atom stereocenters. The number of nitrogens with one attached hydrogen (secondary N) is 1. The highest BCUT2D eigenvalue weighted by atomic mass is 19.1. The fraction of sp³-hybridized carbons (Fsp3) is 1.00. The Labute approximate surface area is 79.5 Å². The second-order valence-electron chi connectivity index (χ2n) is 4.24. The molecule has 1 N–H and O–H groups in total. The van der Waals surface area contributed by atoms with Crippen molar-refractivity contribution in [1.29, 1.82) is 0 Å². The van der Waals surface area contributed by atoms with Crippen LogP contribution in [0, 0.1) is 5.92 Å². The molecular weight excluding hydrogens is 167 g/mol. The van der Waals surface area contributed by atoms with Crippen molar-refractivity contribution in [2.24, 2.45) is 5.92 Å². The van der Waals surface area contributed by atoms with Gasteiger partial charge < -0.3 is 10.2 Å². The number of rotatable bonds is 4. The van der Waals surface area contributed by atoms with Gasteiger partial charge in [0.1, 0.15) is 0 Å². The summed E-state index contributed by atoms with van der Waals surface area (Å²) in [6.07, 6.45) is 3.50. The van der Waals surface area contributed by atoms with Crippen molar-refractivity contribution in [3.63, 3.8) is 0 Å². The molecule has 0 aromatic heterocycles. The third kappa shape index (κ3) is 2.64. The lowest BCUT2D eigenvalue weighted by molar-refractivity contribution is 0.182. The smallest absolute Gasteiger partial charge is 0.0906 e. The van der Waals surface area contributed by atoms with Gasteiger partial charge in [-0.2, -0.15) is 0 Å². The molecule has 2 nitrogen and oxygen atoms in total. The van der Waals surface area contributed by atoms with Crippen LogP contribution in [0.25, 0.3) is 0 Å². The van der Waals surface area contributed by atoms with Crippen molar-refractivity contribution in [1.82, 2.24) is 10.2 Å². The highest BCUT2D eigenvalue weighted by molar-refractivity contribution is 4.91. The fourth-order valence-corrected chi connectivity index (χ4v) is 2.14. The van der Waals surface area contributed by atoms with E-state index in [9.17, 15) is 4.39 Å². The Morgan fingerprint density at radius 3 is 2.92 bits per heavy atom. The molecule has 1 aliphatic heterocycles. The zero-order valence-corrected chi connectivity index (χ0v) is 8.14. The SMILES string of the molecule is FCCCN1CCNC(C2CC2)C1. The number of piperazine rings is 1. The molecule has 2 fully saturated rings. The van der Waals surface area contributed by atoms with Gasteiger partial charge in [0.15, 0.2) is 0 Å². The fourth-order valence-electron chi connectivity index (χ4n) is 2.14. The van der Waals surface area contributed by atoms with Gasteiger partial charge in [0.25, 0.3) is 0 Å². The predicted molar refractivity (Wildman–Crippen MR) is 51.5 cm³/mol. The van der Waals surface area contributed by atoms with E-state index in [0.29, 0.717) is 12.5 Å². The van der Waals surface area contributed by atoms with E-state index in [1.165, 1.54) is 12.8 Å². The average Bonchev–Trinajstić information content (AvgIpc) is 2.98. The first kappa shape index (κ1) is 9.41. The van der Waals surface area contributed by atoms with Gasteiger partial charge in [0.2, 0.25) is 0 Å².